The van der Waals surface area contributed by atoms with Gasteiger partial charge in [-0.25, -0.2) is 17.6 Å². The standard InChI is InChI=1S/C16H23FN2O3S/c1-4-19(14-9-10-23(21,22)11-14)15(20)18-16(2,3)12-5-7-13(17)8-6-12/h5-8,14H,4,9-11H2,1-3H3,(H,18,20). The van der Waals surface area contributed by atoms with Crippen LogP contribution in [0.4, 0.5) is 9.18 Å². The van der Waals surface area contributed by atoms with E-state index in [1.54, 1.807) is 17.0 Å². The first kappa shape index (κ1) is 17.7. The van der Waals surface area contributed by atoms with Crippen molar-refractivity contribution in [3.05, 3.63) is 35.6 Å². The largest absolute Gasteiger partial charge is 0.329 e. The number of amides is 2. The van der Waals surface area contributed by atoms with Crippen LogP contribution >= 0.6 is 0 Å². The highest BCUT2D eigenvalue weighted by molar-refractivity contribution is 7.91. The quantitative estimate of drug-likeness (QED) is 0.913. The number of nitrogens with one attached hydrogen (secondary N) is 1. The van der Waals surface area contributed by atoms with E-state index in [2.05, 4.69) is 5.32 Å². The maximum Gasteiger partial charge on any atom is 0.318 e. The molecule has 0 radical (unpaired) electrons. The van der Waals surface area contributed by atoms with E-state index in [9.17, 15) is 17.6 Å². The fourth-order valence-electron chi connectivity index (χ4n) is 2.87. The molecule has 1 heterocycles. The fourth-order valence-corrected chi connectivity index (χ4v) is 4.60. The van der Waals surface area contributed by atoms with Crippen LogP contribution in [0.1, 0.15) is 32.8 Å². The van der Waals surface area contributed by atoms with Crippen LogP contribution in [0.25, 0.3) is 0 Å². The molecule has 0 bridgehead atoms. The van der Waals surface area contributed by atoms with E-state index < -0.39 is 15.4 Å². The van der Waals surface area contributed by atoms with Crippen molar-refractivity contribution in [3.8, 4) is 0 Å². The molecule has 0 spiro atoms. The number of carbonyl (C=O) groups is 1. The topological polar surface area (TPSA) is 66.5 Å². The van der Waals surface area contributed by atoms with Crippen LogP contribution in [0.3, 0.4) is 0 Å². The summed E-state index contributed by atoms with van der Waals surface area (Å²) < 4.78 is 36.3. The SMILES string of the molecule is CCN(C(=O)NC(C)(C)c1ccc(F)cc1)C1CCS(=O)(=O)C1. The molecule has 2 rings (SSSR count). The maximum atomic E-state index is 13.0. The summed E-state index contributed by atoms with van der Waals surface area (Å²) in [5.41, 5.74) is 0.0951. The first-order valence-corrected chi connectivity index (χ1v) is 9.52. The third-order valence-electron chi connectivity index (χ3n) is 4.24. The lowest BCUT2D eigenvalue weighted by Crippen LogP contribution is -2.52. The Balaban J connectivity index is 2.11. The predicted octanol–water partition coefficient (Wildman–Crippen LogP) is 2.28. The van der Waals surface area contributed by atoms with E-state index in [0.29, 0.717) is 13.0 Å². The van der Waals surface area contributed by atoms with Gasteiger partial charge in [0, 0.05) is 12.6 Å². The molecule has 1 unspecified atom stereocenters. The van der Waals surface area contributed by atoms with Gasteiger partial charge in [-0.05, 0) is 44.9 Å². The Labute approximate surface area is 136 Å². The maximum absolute atomic E-state index is 13.0. The van der Waals surface area contributed by atoms with Crippen molar-refractivity contribution >= 4 is 15.9 Å². The molecule has 128 valence electrons. The Kier molecular flexibility index (Phi) is 4.98. The van der Waals surface area contributed by atoms with Crippen LogP contribution in [-0.4, -0.2) is 43.4 Å². The monoisotopic (exact) mass is 342 g/mol. The third kappa shape index (κ3) is 4.22. The zero-order valence-corrected chi connectivity index (χ0v) is 14.5. The van der Waals surface area contributed by atoms with Gasteiger partial charge in [0.2, 0.25) is 0 Å². The molecule has 23 heavy (non-hydrogen) atoms. The van der Waals surface area contributed by atoms with Gasteiger partial charge in [0.1, 0.15) is 5.82 Å². The van der Waals surface area contributed by atoms with E-state index in [-0.39, 0.29) is 29.4 Å². The van der Waals surface area contributed by atoms with Crippen LogP contribution < -0.4 is 5.32 Å². The Bertz CT molecular complexity index is 671. The lowest BCUT2D eigenvalue weighted by Gasteiger charge is -2.33. The Hall–Kier alpha value is -1.63. The highest BCUT2D eigenvalue weighted by Crippen LogP contribution is 2.22. The van der Waals surface area contributed by atoms with Crippen molar-refractivity contribution in [2.45, 2.75) is 38.8 Å². The normalized spacial score (nSPS) is 20.3. The molecule has 1 atom stereocenters. The predicted molar refractivity (Wildman–Crippen MR) is 87.4 cm³/mol. The molecular formula is C16H23FN2O3S. The second-order valence-corrected chi connectivity index (χ2v) is 8.63. The number of urea groups is 1. The van der Waals surface area contributed by atoms with Crippen LogP contribution in [0.2, 0.25) is 0 Å². The zero-order valence-electron chi connectivity index (χ0n) is 13.7. The number of nitrogens with zero attached hydrogens (tertiary/aromatic N) is 1. The van der Waals surface area contributed by atoms with Gasteiger partial charge in [0.05, 0.1) is 17.0 Å². The molecular weight excluding hydrogens is 319 g/mol. The van der Waals surface area contributed by atoms with Crippen molar-refractivity contribution in [3.63, 3.8) is 0 Å². The molecule has 1 saturated heterocycles. The first-order chi connectivity index (χ1) is 10.6. The Morgan fingerprint density at radius 3 is 2.43 bits per heavy atom. The van der Waals surface area contributed by atoms with Crippen molar-refractivity contribution in [2.24, 2.45) is 0 Å². The van der Waals surface area contributed by atoms with Gasteiger partial charge in [0.15, 0.2) is 9.84 Å². The molecule has 0 saturated carbocycles. The van der Waals surface area contributed by atoms with Crippen LogP contribution in [0.15, 0.2) is 24.3 Å². The van der Waals surface area contributed by atoms with Crippen molar-refractivity contribution in [1.82, 2.24) is 10.2 Å². The Morgan fingerprint density at radius 1 is 1.35 bits per heavy atom. The molecule has 1 fully saturated rings. The lowest BCUT2D eigenvalue weighted by atomic mass is 9.94. The minimum atomic E-state index is -3.05. The summed E-state index contributed by atoms with van der Waals surface area (Å²) in [6.07, 6.45) is 0.473. The van der Waals surface area contributed by atoms with Gasteiger partial charge in [-0.1, -0.05) is 12.1 Å². The summed E-state index contributed by atoms with van der Waals surface area (Å²) in [4.78, 5) is 14.1. The van der Waals surface area contributed by atoms with E-state index in [1.165, 1.54) is 12.1 Å². The molecule has 1 N–H and O–H groups in total. The highest BCUT2D eigenvalue weighted by Gasteiger charge is 2.35. The molecule has 1 aromatic carbocycles. The van der Waals surface area contributed by atoms with Crippen molar-refractivity contribution in [1.29, 1.82) is 0 Å². The summed E-state index contributed by atoms with van der Waals surface area (Å²) in [5.74, 6) is -0.184. The number of rotatable bonds is 4. The molecule has 1 aliphatic heterocycles. The first-order valence-electron chi connectivity index (χ1n) is 7.70. The lowest BCUT2D eigenvalue weighted by molar-refractivity contribution is 0.173. The Morgan fingerprint density at radius 2 is 1.96 bits per heavy atom. The van der Waals surface area contributed by atoms with Gasteiger partial charge in [-0.2, -0.15) is 0 Å². The average molecular weight is 342 g/mol. The smallest absolute Gasteiger partial charge is 0.318 e. The summed E-state index contributed by atoms with van der Waals surface area (Å²) in [6, 6.07) is 5.38. The summed E-state index contributed by atoms with van der Waals surface area (Å²) in [7, 11) is -3.05. The van der Waals surface area contributed by atoms with E-state index in [0.717, 1.165) is 5.56 Å². The number of hydrogen-bond donors (Lipinski definition) is 1. The molecule has 7 heteroatoms. The van der Waals surface area contributed by atoms with Gasteiger partial charge in [-0.15, -0.1) is 0 Å². The summed E-state index contributed by atoms with van der Waals surface area (Å²) in [6.45, 7) is 5.93. The van der Waals surface area contributed by atoms with Crippen LogP contribution in [-0.2, 0) is 15.4 Å². The van der Waals surface area contributed by atoms with Gasteiger partial charge >= 0.3 is 6.03 Å². The number of hydrogen-bond acceptors (Lipinski definition) is 3. The van der Waals surface area contributed by atoms with Crippen LogP contribution in [0, 0.1) is 5.82 Å². The van der Waals surface area contributed by atoms with E-state index in [1.807, 2.05) is 20.8 Å². The highest BCUT2D eigenvalue weighted by atomic mass is 32.2. The van der Waals surface area contributed by atoms with Gasteiger partial charge < -0.3 is 10.2 Å². The molecule has 0 aliphatic carbocycles. The fraction of sp³-hybridized carbons (Fsp3) is 0.562. The number of sulfone groups is 1. The van der Waals surface area contributed by atoms with Crippen molar-refractivity contribution in [2.75, 3.05) is 18.1 Å². The summed E-state index contributed by atoms with van der Waals surface area (Å²) in [5, 5.41) is 2.92. The second-order valence-electron chi connectivity index (χ2n) is 6.40. The number of carbonyl (C=O) groups excluding carboxylic acids is 1. The third-order valence-corrected chi connectivity index (χ3v) is 5.99. The molecule has 1 aromatic rings. The molecule has 2 amide bonds. The van der Waals surface area contributed by atoms with Crippen molar-refractivity contribution < 1.29 is 17.6 Å². The van der Waals surface area contributed by atoms with E-state index in [4.69, 9.17) is 0 Å². The summed E-state index contributed by atoms with van der Waals surface area (Å²) >= 11 is 0. The number of benzene rings is 1. The minimum absolute atomic E-state index is 0.0191. The number of halogens is 1. The molecule has 5 nitrogen and oxygen atoms in total. The van der Waals surface area contributed by atoms with Gasteiger partial charge in [-0.3, -0.25) is 0 Å². The molecule has 0 aromatic heterocycles. The molecule has 1 aliphatic rings. The zero-order chi connectivity index (χ0) is 17.3. The van der Waals surface area contributed by atoms with Crippen LogP contribution in [0.5, 0.6) is 0 Å². The minimum Gasteiger partial charge on any atom is -0.329 e. The van der Waals surface area contributed by atoms with Gasteiger partial charge in [0.25, 0.3) is 0 Å². The second kappa shape index (κ2) is 6.47. The average Bonchev–Trinajstić information content (AvgIpc) is 2.79. The van der Waals surface area contributed by atoms with E-state index >= 15 is 0 Å².